The minimum atomic E-state index is 0.349. The van der Waals surface area contributed by atoms with E-state index in [1.165, 1.54) is 6.42 Å². The lowest BCUT2D eigenvalue weighted by atomic mass is 10.1. The van der Waals surface area contributed by atoms with Crippen molar-refractivity contribution in [2.75, 3.05) is 20.1 Å². The predicted octanol–water partition coefficient (Wildman–Crippen LogP) is 1.63. The first kappa shape index (κ1) is 12.5. The van der Waals surface area contributed by atoms with Crippen LogP contribution < -0.4 is 5.32 Å². The van der Waals surface area contributed by atoms with Gasteiger partial charge in [0.25, 0.3) is 0 Å². The molecule has 1 rings (SSSR count). The Morgan fingerprint density at radius 3 is 2.87 bits per heavy atom. The summed E-state index contributed by atoms with van der Waals surface area (Å²) in [6.07, 6.45) is 4.06. The molecule has 1 aliphatic heterocycles. The van der Waals surface area contributed by atoms with Crippen LogP contribution in [-0.2, 0) is 4.79 Å². The lowest BCUT2D eigenvalue weighted by Crippen LogP contribution is -2.40. The van der Waals surface area contributed by atoms with E-state index in [0.717, 1.165) is 32.4 Å². The highest BCUT2D eigenvalue weighted by Crippen LogP contribution is 2.18. The molecule has 0 aromatic carbocycles. The maximum atomic E-state index is 11.9. The summed E-state index contributed by atoms with van der Waals surface area (Å²) in [6, 6.07) is 0.440. The predicted molar refractivity (Wildman–Crippen MR) is 62.7 cm³/mol. The Balaban J connectivity index is 2.36. The third kappa shape index (κ3) is 3.82. The summed E-state index contributed by atoms with van der Waals surface area (Å²) in [6.45, 7) is 6.24. The second-order valence-corrected chi connectivity index (χ2v) is 4.87. The molecule has 0 radical (unpaired) electrons. The van der Waals surface area contributed by atoms with Crippen LogP contribution in [0.4, 0.5) is 0 Å². The summed E-state index contributed by atoms with van der Waals surface area (Å²) in [5, 5.41) is 3.17. The van der Waals surface area contributed by atoms with Gasteiger partial charge in [-0.05, 0) is 32.2 Å². The topological polar surface area (TPSA) is 32.3 Å². The SMILES string of the molecule is CNCC1CCCN1C(=O)CCC(C)C. The second-order valence-electron chi connectivity index (χ2n) is 4.87. The molecule has 1 aliphatic rings. The minimum Gasteiger partial charge on any atom is -0.338 e. The minimum absolute atomic E-state index is 0.349. The molecule has 1 unspecified atom stereocenters. The van der Waals surface area contributed by atoms with Gasteiger partial charge in [-0.1, -0.05) is 13.8 Å². The van der Waals surface area contributed by atoms with Crippen LogP contribution in [-0.4, -0.2) is 37.0 Å². The Bertz CT molecular complexity index is 204. The van der Waals surface area contributed by atoms with E-state index in [1.54, 1.807) is 0 Å². The molecule has 1 N–H and O–H groups in total. The number of amides is 1. The number of nitrogens with one attached hydrogen (secondary N) is 1. The number of nitrogens with zero attached hydrogens (tertiary/aromatic N) is 1. The third-order valence-corrected chi connectivity index (χ3v) is 3.07. The van der Waals surface area contributed by atoms with E-state index in [9.17, 15) is 4.79 Å². The molecule has 0 spiro atoms. The largest absolute Gasteiger partial charge is 0.338 e. The Kier molecular flexibility index (Phi) is 5.09. The fourth-order valence-corrected chi connectivity index (χ4v) is 2.17. The number of hydrogen-bond acceptors (Lipinski definition) is 2. The Labute approximate surface area is 93.2 Å². The maximum Gasteiger partial charge on any atom is 0.222 e. The van der Waals surface area contributed by atoms with Crippen molar-refractivity contribution in [1.82, 2.24) is 10.2 Å². The van der Waals surface area contributed by atoms with Gasteiger partial charge in [-0.3, -0.25) is 4.79 Å². The van der Waals surface area contributed by atoms with Crippen molar-refractivity contribution in [3.05, 3.63) is 0 Å². The van der Waals surface area contributed by atoms with Crippen LogP contribution >= 0.6 is 0 Å². The average Bonchev–Trinajstić information content (AvgIpc) is 2.63. The fraction of sp³-hybridized carbons (Fsp3) is 0.917. The van der Waals surface area contributed by atoms with E-state index >= 15 is 0 Å². The molecule has 0 aromatic rings. The van der Waals surface area contributed by atoms with Crippen LogP contribution in [0, 0.1) is 5.92 Å². The normalized spacial score (nSPS) is 21.3. The second kappa shape index (κ2) is 6.11. The van der Waals surface area contributed by atoms with E-state index in [4.69, 9.17) is 0 Å². The zero-order valence-corrected chi connectivity index (χ0v) is 10.3. The van der Waals surface area contributed by atoms with Gasteiger partial charge in [0.1, 0.15) is 0 Å². The van der Waals surface area contributed by atoms with Gasteiger partial charge in [-0.15, -0.1) is 0 Å². The van der Waals surface area contributed by atoms with E-state index < -0.39 is 0 Å². The number of likely N-dealkylation sites (N-methyl/N-ethyl adjacent to an activating group) is 1. The highest BCUT2D eigenvalue weighted by molar-refractivity contribution is 5.76. The summed E-state index contributed by atoms with van der Waals surface area (Å²) < 4.78 is 0. The monoisotopic (exact) mass is 212 g/mol. The Hall–Kier alpha value is -0.570. The molecule has 0 saturated carbocycles. The lowest BCUT2D eigenvalue weighted by Gasteiger charge is -2.24. The molecule has 3 heteroatoms. The maximum absolute atomic E-state index is 11.9. The van der Waals surface area contributed by atoms with Crippen molar-refractivity contribution in [3.63, 3.8) is 0 Å². The lowest BCUT2D eigenvalue weighted by molar-refractivity contribution is -0.132. The van der Waals surface area contributed by atoms with E-state index in [2.05, 4.69) is 24.1 Å². The van der Waals surface area contributed by atoms with E-state index in [0.29, 0.717) is 17.9 Å². The van der Waals surface area contributed by atoms with E-state index in [-0.39, 0.29) is 0 Å². The highest BCUT2D eigenvalue weighted by Gasteiger charge is 2.27. The molecule has 1 saturated heterocycles. The van der Waals surface area contributed by atoms with Crippen molar-refractivity contribution >= 4 is 5.91 Å². The quantitative estimate of drug-likeness (QED) is 0.751. The number of carbonyl (C=O) groups is 1. The Morgan fingerprint density at radius 2 is 2.27 bits per heavy atom. The summed E-state index contributed by atoms with van der Waals surface area (Å²) >= 11 is 0. The summed E-state index contributed by atoms with van der Waals surface area (Å²) in [4.78, 5) is 14.0. The summed E-state index contributed by atoms with van der Waals surface area (Å²) in [5.74, 6) is 0.973. The number of hydrogen-bond donors (Lipinski definition) is 1. The zero-order chi connectivity index (χ0) is 11.3. The average molecular weight is 212 g/mol. The molecule has 1 atom stereocenters. The third-order valence-electron chi connectivity index (χ3n) is 3.07. The van der Waals surface area contributed by atoms with Gasteiger partial charge >= 0.3 is 0 Å². The molecular weight excluding hydrogens is 188 g/mol. The van der Waals surface area contributed by atoms with Gasteiger partial charge < -0.3 is 10.2 Å². The number of likely N-dealkylation sites (tertiary alicyclic amines) is 1. The van der Waals surface area contributed by atoms with Crippen molar-refractivity contribution in [3.8, 4) is 0 Å². The van der Waals surface area contributed by atoms with Crippen LogP contribution in [0.1, 0.15) is 39.5 Å². The molecule has 15 heavy (non-hydrogen) atoms. The smallest absolute Gasteiger partial charge is 0.222 e. The molecule has 1 amide bonds. The Morgan fingerprint density at radius 1 is 1.53 bits per heavy atom. The van der Waals surface area contributed by atoms with Crippen molar-refractivity contribution in [2.45, 2.75) is 45.6 Å². The van der Waals surface area contributed by atoms with Crippen LogP contribution in [0.2, 0.25) is 0 Å². The first-order valence-corrected chi connectivity index (χ1v) is 6.09. The van der Waals surface area contributed by atoms with Gasteiger partial charge in [-0.2, -0.15) is 0 Å². The molecule has 0 aromatic heterocycles. The molecule has 1 heterocycles. The van der Waals surface area contributed by atoms with Crippen LogP contribution in [0.15, 0.2) is 0 Å². The summed E-state index contributed by atoms with van der Waals surface area (Å²) in [7, 11) is 1.95. The van der Waals surface area contributed by atoms with Crippen molar-refractivity contribution in [1.29, 1.82) is 0 Å². The van der Waals surface area contributed by atoms with Crippen LogP contribution in [0.5, 0.6) is 0 Å². The van der Waals surface area contributed by atoms with Crippen molar-refractivity contribution < 1.29 is 4.79 Å². The van der Waals surface area contributed by atoms with Crippen molar-refractivity contribution in [2.24, 2.45) is 5.92 Å². The zero-order valence-electron chi connectivity index (χ0n) is 10.3. The van der Waals surface area contributed by atoms with Crippen LogP contribution in [0.3, 0.4) is 0 Å². The van der Waals surface area contributed by atoms with E-state index in [1.807, 2.05) is 7.05 Å². The molecule has 0 bridgehead atoms. The molecule has 1 fully saturated rings. The number of rotatable bonds is 5. The van der Waals surface area contributed by atoms with Gasteiger partial charge in [0, 0.05) is 25.6 Å². The van der Waals surface area contributed by atoms with Gasteiger partial charge in [0.2, 0.25) is 5.91 Å². The highest BCUT2D eigenvalue weighted by atomic mass is 16.2. The molecule has 88 valence electrons. The summed E-state index contributed by atoms with van der Waals surface area (Å²) in [5.41, 5.74) is 0. The standard InChI is InChI=1S/C12H24N2O/c1-10(2)6-7-12(15)14-8-4-5-11(14)9-13-3/h10-11,13H,4-9H2,1-3H3. The van der Waals surface area contributed by atoms with Gasteiger partial charge in [0.05, 0.1) is 0 Å². The fourth-order valence-electron chi connectivity index (χ4n) is 2.17. The molecule has 3 nitrogen and oxygen atoms in total. The molecular formula is C12H24N2O. The first-order chi connectivity index (χ1) is 7.15. The first-order valence-electron chi connectivity index (χ1n) is 6.09. The van der Waals surface area contributed by atoms with Gasteiger partial charge in [0.15, 0.2) is 0 Å². The molecule has 0 aliphatic carbocycles. The number of carbonyl (C=O) groups excluding carboxylic acids is 1. The van der Waals surface area contributed by atoms with Gasteiger partial charge in [-0.25, -0.2) is 0 Å². The van der Waals surface area contributed by atoms with Crippen LogP contribution in [0.25, 0.3) is 0 Å².